The first-order chi connectivity index (χ1) is 10.7. The van der Waals surface area contributed by atoms with Crippen LogP contribution in [-0.4, -0.2) is 22.6 Å². The Morgan fingerprint density at radius 3 is 2.55 bits per heavy atom. The van der Waals surface area contributed by atoms with E-state index < -0.39 is 0 Å². The van der Waals surface area contributed by atoms with Crippen LogP contribution in [0.2, 0.25) is 0 Å². The molecular weight excluding hydrogens is 344 g/mol. The van der Waals surface area contributed by atoms with Crippen molar-refractivity contribution < 1.29 is 9.53 Å². The summed E-state index contributed by atoms with van der Waals surface area (Å²) in [5, 5.41) is 1.24. The van der Waals surface area contributed by atoms with Crippen LogP contribution in [0.15, 0.2) is 29.1 Å². The Bertz CT molecular complexity index is 878. The van der Waals surface area contributed by atoms with Crippen LogP contribution in [0.5, 0.6) is 0 Å². The minimum atomic E-state index is -0.0434. The molecule has 0 radical (unpaired) electrons. The molecule has 0 saturated heterocycles. The molecule has 0 spiro atoms. The van der Waals surface area contributed by atoms with E-state index in [1.54, 1.807) is 7.11 Å². The van der Waals surface area contributed by atoms with E-state index in [2.05, 4.69) is 37.7 Å². The average molecular weight is 357 g/mol. The highest BCUT2D eigenvalue weighted by atomic mass is 79.9. The Morgan fingerprint density at radius 2 is 1.91 bits per heavy atom. The van der Waals surface area contributed by atoms with Crippen LogP contribution >= 0.6 is 15.9 Å². The van der Waals surface area contributed by atoms with Crippen LogP contribution in [0.4, 0.5) is 0 Å². The number of esters is 1. The molecule has 4 nitrogen and oxygen atoms in total. The number of carbonyl (C=O) groups excluding carboxylic acids is 1. The van der Waals surface area contributed by atoms with Crippen LogP contribution < -0.4 is 0 Å². The molecule has 6 aliphatic rings. The van der Waals surface area contributed by atoms with Gasteiger partial charge < -0.3 is 9.30 Å². The Balaban J connectivity index is 1.38. The highest BCUT2D eigenvalue weighted by Gasteiger charge is 3.12. The first-order valence-electron chi connectivity index (χ1n) is 7.91. The molecule has 110 valence electrons. The maximum atomic E-state index is 12.2. The average Bonchev–Trinajstić information content (AvgIpc) is 2.99. The van der Waals surface area contributed by atoms with E-state index in [0.717, 1.165) is 4.47 Å². The molecule has 0 aromatic carbocycles. The van der Waals surface area contributed by atoms with Crippen molar-refractivity contribution >= 4 is 32.8 Å². The number of ether oxygens (including phenoxy) is 1. The lowest BCUT2D eigenvalue weighted by Gasteiger charge is -3.09. The van der Waals surface area contributed by atoms with Gasteiger partial charge in [0, 0.05) is 22.3 Å². The number of pyridine rings is 1. The van der Waals surface area contributed by atoms with Gasteiger partial charge in [-0.3, -0.25) is 9.78 Å². The van der Waals surface area contributed by atoms with Crippen molar-refractivity contribution in [3.8, 4) is 0 Å². The molecule has 5 heteroatoms. The van der Waals surface area contributed by atoms with Crippen molar-refractivity contribution in [1.82, 2.24) is 9.55 Å². The van der Waals surface area contributed by atoms with Gasteiger partial charge in [0.05, 0.1) is 29.8 Å². The summed E-state index contributed by atoms with van der Waals surface area (Å²) in [7, 11) is 1.54. The molecule has 6 saturated carbocycles. The summed E-state index contributed by atoms with van der Waals surface area (Å²) in [6.07, 6.45) is 6.08. The normalized spacial score (nSPS) is 53.5. The lowest BCUT2D eigenvalue weighted by molar-refractivity contribution is -0.630. The summed E-state index contributed by atoms with van der Waals surface area (Å²) in [5.41, 5.74) is 1.51. The second kappa shape index (κ2) is 2.77. The first kappa shape index (κ1) is 11.2. The van der Waals surface area contributed by atoms with Gasteiger partial charge in [0.2, 0.25) is 0 Å². The fourth-order valence-corrected chi connectivity index (χ4v) is 8.35. The summed E-state index contributed by atoms with van der Waals surface area (Å²) in [5.74, 6) is 4.03. The second-order valence-electron chi connectivity index (χ2n) is 7.71. The van der Waals surface area contributed by atoms with Crippen molar-refractivity contribution in [3.05, 3.63) is 29.1 Å². The number of fused-ring (bicyclic) bond motifs is 1. The third kappa shape index (κ3) is 0.634. The van der Waals surface area contributed by atoms with Crippen molar-refractivity contribution in [3.63, 3.8) is 0 Å². The number of methoxy groups -OCH3 is 1. The monoisotopic (exact) mass is 356 g/mol. The van der Waals surface area contributed by atoms with E-state index in [4.69, 9.17) is 4.74 Å². The molecule has 6 aliphatic carbocycles. The maximum absolute atomic E-state index is 12.2. The molecule has 6 fully saturated rings. The van der Waals surface area contributed by atoms with Gasteiger partial charge in [-0.05, 0) is 57.5 Å². The van der Waals surface area contributed by atoms with Crippen molar-refractivity contribution in [2.45, 2.75) is 5.54 Å². The molecular formula is C17H13BrN2O2. The van der Waals surface area contributed by atoms with E-state index in [1.807, 2.05) is 12.4 Å². The van der Waals surface area contributed by atoms with E-state index in [0.29, 0.717) is 41.0 Å². The van der Waals surface area contributed by atoms with E-state index in [-0.39, 0.29) is 11.4 Å². The standard InChI is InChI=1S/C17H13BrN2O2/c1-22-15(21)16-9-12-10(16)14-11(16)13(9)17(12,14)20-3-2-6-7(18)4-19-5-8(6)20/h2-5,9-14H,1H3. The summed E-state index contributed by atoms with van der Waals surface area (Å²) < 4.78 is 8.66. The van der Waals surface area contributed by atoms with Gasteiger partial charge in [0.25, 0.3) is 0 Å². The minimum Gasteiger partial charge on any atom is -0.469 e. The van der Waals surface area contributed by atoms with E-state index >= 15 is 0 Å². The van der Waals surface area contributed by atoms with E-state index in [9.17, 15) is 4.79 Å². The molecule has 2 aromatic heterocycles. The quantitative estimate of drug-likeness (QED) is 0.776. The van der Waals surface area contributed by atoms with Crippen LogP contribution in [0.3, 0.4) is 0 Å². The molecule has 0 N–H and O–H groups in total. The van der Waals surface area contributed by atoms with Crippen LogP contribution in [0.1, 0.15) is 0 Å². The Labute approximate surface area is 135 Å². The largest absolute Gasteiger partial charge is 0.469 e. The number of halogens is 1. The minimum absolute atomic E-state index is 0.0434. The van der Waals surface area contributed by atoms with Crippen molar-refractivity contribution in [1.29, 1.82) is 0 Å². The topological polar surface area (TPSA) is 44.1 Å². The molecule has 0 atom stereocenters. The van der Waals surface area contributed by atoms with Gasteiger partial charge in [-0.25, -0.2) is 0 Å². The fraction of sp³-hybridized carbons (Fsp3) is 0.529. The number of rotatable bonds is 2. The molecule has 0 unspecified atom stereocenters. The molecule has 2 heterocycles. The van der Waals surface area contributed by atoms with Gasteiger partial charge >= 0.3 is 5.97 Å². The predicted octanol–water partition coefficient (Wildman–Crippen LogP) is 2.42. The van der Waals surface area contributed by atoms with Gasteiger partial charge in [0.15, 0.2) is 0 Å². The van der Waals surface area contributed by atoms with Crippen LogP contribution in [0.25, 0.3) is 10.9 Å². The SMILES string of the molecule is COC(=O)C12C3C4C1C1C2C3C41n1ccc2c(Br)cncc21. The van der Waals surface area contributed by atoms with Crippen LogP contribution in [-0.2, 0) is 15.1 Å². The van der Waals surface area contributed by atoms with Crippen LogP contribution in [0, 0.1) is 40.9 Å². The van der Waals surface area contributed by atoms with Gasteiger partial charge in [0.1, 0.15) is 0 Å². The summed E-state index contributed by atoms with van der Waals surface area (Å²) in [6, 6.07) is 2.19. The maximum Gasteiger partial charge on any atom is 0.312 e. The third-order valence-corrected chi connectivity index (χ3v) is 8.73. The number of hydrogen-bond donors (Lipinski definition) is 0. The summed E-state index contributed by atoms with van der Waals surface area (Å²) >= 11 is 3.60. The van der Waals surface area contributed by atoms with Gasteiger partial charge in [-0.1, -0.05) is 0 Å². The Hall–Kier alpha value is -1.36. The molecule has 2 aromatic rings. The highest BCUT2D eigenvalue weighted by molar-refractivity contribution is 9.10. The zero-order valence-electron chi connectivity index (χ0n) is 11.9. The highest BCUT2D eigenvalue weighted by Crippen LogP contribution is 3.09. The number of aromatic nitrogens is 2. The van der Waals surface area contributed by atoms with Gasteiger partial charge in [-0.15, -0.1) is 0 Å². The zero-order chi connectivity index (χ0) is 14.6. The van der Waals surface area contributed by atoms with Gasteiger partial charge in [-0.2, -0.15) is 0 Å². The third-order valence-electron chi connectivity index (χ3n) is 8.10. The molecule has 22 heavy (non-hydrogen) atoms. The fourth-order valence-electron chi connectivity index (χ4n) is 7.90. The number of hydrogen-bond acceptors (Lipinski definition) is 3. The number of nitrogens with zero attached hydrogens (tertiary/aromatic N) is 2. The molecule has 0 bridgehead atoms. The smallest absolute Gasteiger partial charge is 0.312 e. The summed E-state index contributed by atoms with van der Waals surface area (Å²) in [4.78, 5) is 16.6. The number of carbonyl (C=O) groups is 1. The Morgan fingerprint density at radius 1 is 1.23 bits per heavy atom. The van der Waals surface area contributed by atoms with Crippen molar-refractivity contribution in [2.24, 2.45) is 40.9 Å². The first-order valence-corrected chi connectivity index (χ1v) is 8.70. The predicted molar refractivity (Wildman–Crippen MR) is 80.8 cm³/mol. The molecule has 0 amide bonds. The zero-order valence-corrected chi connectivity index (χ0v) is 13.4. The summed E-state index contributed by atoms with van der Waals surface area (Å²) in [6.45, 7) is 0. The van der Waals surface area contributed by atoms with E-state index in [1.165, 1.54) is 10.9 Å². The molecule has 0 aliphatic heterocycles. The second-order valence-corrected chi connectivity index (χ2v) is 8.56. The lowest BCUT2D eigenvalue weighted by atomic mass is 8.94. The molecule has 8 rings (SSSR count). The Kier molecular flexibility index (Phi) is 1.41. The van der Waals surface area contributed by atoms with Crippen molar-refractivity contribution in [2.75, 3.05) is 7.11 Å². The lowest BCUT2D eigenvalue weighted by Crippen LogP contribution is -3.13.